The fraction of sp³-hybridized carbons (Fsp3) is 0.409. The maximum atomic E-state index is 4.86. The van der Waals surface area contributed by atoms with Crippen molar-refractivity contribution in [3.8, 4) is 0 Å². The molecule has 1 nitrogen and oxygen atoms in total. The number of rotatable bonds is 5. The van der Waals surface area contributed by atoms with Gasteiger partial charge in [-0.05, 0) is 73.9 Å². The first-order chi connectivity index (χ1) is 11.0. The van der Waals surface area contributed by atoms with Crippen LogP contribution in [0.3, 0.4) is 0 Å². The quantitative estimate of drug-likeness (QED) is 0.608. The zero-order valence-electron chi connectivity index (χ0n) is 15.4. The number of aryl methyl sites for hydroxylation is 5. The van der Waals surface area contributed by atoms with Crippen LogP contribution in [0.15, 0.2) is 35.3 Å². The van der Waals surface area contributed by atoms with Gasteiger partial charge >= 0.3 is 0 Å². The molecule has 0 aliphatic carbocycles. The molecular formula is C22H29N. The van der Waals surface area contributed by atoms with Gasteiger partial charge in [0.05, 0.1) is 6.04 Å². The second-order valence-corrected chi connectivity index (χ2v) is 6.51. The van der Waals surface area contributed by atoms with Gasteiger partial charge in [0.25, 0.3) is 0 Å². The molecule has 0 amide bonds. The molecule has 0 aliphatic rings. The lowest BCUT2D eigenvalue weighted by Crippen LogP contribution is -2.00. The van der Waals surface area contributed by atoms with E-state index in [0.717, 1.165) is 12.8 Å². The zero-order chi connectivity index (χ0) is 17.0. The molecule has 122 valence electrons. The highest BCUT2D eigenvalue weighted by Crippen LogP contribution is 2.24. The first-order valence-corrected chi connectivity index (χ1v) is 8.69. The fourth-order valence-electron chi connectivity index (χ4n) is 3.25. The molecule has 23 heavy (non-hydrogen) atoms. The third-order valence-corrected chi connectivity index (χ3v) is 4.61. The molecule has 2 aromatic carbocycles. The summed E-state index contributed by atoms with van der Waals surface area (Å²) in [5.41, 5.74) is 9.35. The van der Waals surface area contributed by atoms with Crippen LogP contribution in [0, 0.1) is 20.8 Å². The van der Waals surface area contributed by atoms with Crippen molar-refractivity contribution >= 4 is 6.21 Å². The highest BCUT2D eigenvalue weighted by molar-refractivity contribution is 5.84. The lowest BCUT2D eigenvalue weighted by molar-refractivity contribution is 0.805. The Bertz CT molecular complexity index is 687. The first-order valence-electron chi connectivity index (χ1n) is 8.69. The Kier molecular flexibility index (Phi) is 5.76. The topological polar surface area (TPSA) is 12.4 Å². The van der Waals surface area contributed by atoms with Gasteiger partial charge in [-0.2, -0.15) is 0 Å². The largest absolute Gasteiger partial charge is 0.285 e. The molecule has 0 heterocycles. The van der Waals surface area contributed by atoms with Gasteiger partial charge in [-0.25, -0.2) is 0 Å². The van der Waals surface area contributed by atoms with Crippen molar-refractivity contribution in [1.82, 2.24) is 0 Å². The summed E-state index contributed by atoms with van der Waals surface area (Å²) < 4.78 is 0. The van der Waals surface area contributed by atoms with Crippen LogP contribution in [0.5, 0.6) is 0 Å². The third kappa shape index (κ3) is 4.10. The summed E-state index contributed by atoms with van der Waals surface area (Å²) >= 11 is 0. The van der Waals surface area contributed by atoms with E-state index in [-0.39, 0.29) is 6.04 Å². The van der Waals surface area contributed by atoms with Gasteiger partial charge in [0, 0.05) is 6.21 Å². The summed E-state index contributed by atoms with van der Waals surface area (Å²) in [4.78, 5) is 4.86. The van der Waals surface area contributed by atoms with Crippen LogP contribution in [0.1, 0.15) is 65.8 Å². The van der Waals surface area contributed by atoms with E-state index in [4.69, 9.17) is 4.99 Å². The average Bonchev–Trinajstić information content (AvgIpc) is 2.52. The number of hydrogen-bond acceptors (Lipinski definition) is 1. The Morgan fingerprint density at radius 3 is 2.17 bits per heavy atom. The van der Waals surface area contributed by atoms with Gasteiger partial charge in [0.2, 0.25) is 0 Å². The molecule has 1 heteroatoms. The maximum Gasteiger partial charge on any atom is 0.0723 e. The lowest BCUT2D eigenvalue weighted by Gasteiger charge is -2.14. The predicted molar refractivity (Wildman–Crippen MR) is 102 cm³/mol. The predicted octanol–water partition coefficient (Wildman–Crippen LogP) is 5.92. The second kappa shape index (κ2) is 7.59. The maximum absolute atomic E-state index is 4.86. The number of hydrogen-bond donors (Lipinski definition) is 0. The molecule has 1 atom stereocenters. The van der Waals surface area contributed by atoms with E-state index in [0.29, 0.717) is 0 Å². The third-order valence-electron chi connectivity index (χ3n) is 4.61. The van der Waals surface area contributed by atoms with Crippen LogP contribution < -0.4 is 0 Å². The van der Waals surface area contributed by atoms with Crippen LogP contribution in [0.2, 0.25) is 0 Å². The van der Waals surface area contributed by atoms with Crippen molar-refractivity contribution in [2.24, 2.45) is 4.99 Å². The van der Waals surface area contributed by atoms with Gasteiger partial charge in [-0.3, -0.25) is 4.99 Å². The summed E-state index contributed by atoms with van der Waals surface area (Å²) in [5.74, 6) is 0. The van der Waals surface area contributed by atoms with Crippen LogP contribution in [-0.4, -0.2) is 6.21 Å². The number of nitrogens with zero attached hydrogens (tertiary/aromatic N) is 1. The molecule has 0 fully saturated rings. The van der Waals surface area contributed by atoms with Gasteiger partial charge in [-0.15, -0.1) is 0 Å². The van der Waals surface area contributed by atoms with Crippen LogP contribution in [-0.2, 0) is 12.8 Å². The Hall–Kier alpha value is -1.89. The Labute approximate surface area is 141 Å². The van der Waals surface area contributed by atoms with E-state index in [2.05, 4.69) is 78.1 Å². The summed E-state index contributed by atoms with van der Waals surface area (Å²) in [6.45, 7) is 13.1. The molecule has 0 N–H and O–H groups in total. The molecule has 0 spiro atoms. The lowest BCUT2D eigenvalue weighted by atomic mass is 9.96. The molecule has 0 saturated heterocycles. The zero-order valence-corrected chi connectivity index (χ0v) is 15.4. The SMILES string of the molecule is CCc1ccc(C(C)/N=C\c2c(C)cc(C)cc2C)c(CC)c1. The molecule has 0 aliphatic heterocycles. The first kappa shape index (κ1) is 17.5. The highest BCUT2D eigenvalue weighted by atomic mass is 14.8. The van der Waals surface area contributed by atoms with E-state index in [1.165, 1.54) is 38.9 Å². The average molecular weight is 307 g/mol. The summed E-state index contributed by atoms with van der Waals surface area (Å²) in [6.07, 6.45) is 4.21. The number of benzene rings is 2. The van der Waals surface area contributed by atoms with Gasteiger partial charge in [-0.1, -0.05) is 49.7 Å². The van der Waals surface area contributed by atoms with Crippen LogP contribution in [0.25, 0.3) is 0 Å². The van der Waals surface area contributed by atoms with Gasteiger partial charge in [0.15, 0.2) is 0 Å². The molecule has 0 radical (unpaired) electrons. The number of aliphatic imine (C=N–C) groups is 1. The van der Waals surface area contributed by atoms with E-state index >= 15 is 0 Å². The van der Waals surface area contributed by atoms with Crippen molar-refractivity contribution in [2.75, 3.05) is 0 Å². The summed E-state index contributed by atoms with van der Waals surface area (Å²) in [7, 11) is 0. The van der Waals surface area contributed by atoms with Crippen LogP contribution >= 0.6 is 0 Å². The van der Waals surface area contributed by atoms with Crippen molar-refractivity contribution in [2.45, 2.75) is 60.4 Å². The summed E-state index contributed by atoms with van der Waals surface area (Å²) in [6, 6.07) is 11.5. The van der Waals surface area contributed by atoms with Crippen molar-refractivity contribution in [3.05, 3.63) is 69.3 Å². The molecule has 1 unspecified atom stereocenters. The Morgan fingerprint density at radius 1 is 0.957 bits per heavy atom. The van der Waals surface area contributed by atoms with Crippen molar-refractivity contribution in [3.63, 3.8) is 0 Å². The van der Waals surface area contributed by atoms with Crippen molar-refractivity contribution < 1.29 is 0 Å². The van der Waals surface area contributed by atoms with Crippen molar-refractivity contribution in [1.29, 1.82) is 0 Å². The Balaban J connectivity index is 2.30. The highest BCUT2D eigenvalue weighted by Gasteiger charge is 2.09. The minimum atomic E-state index is 0.191. The molecular weight excluding hydrogens is 278 g/mol. The van der Waals surface area contributed by atoms with E-state index < -0.39 is 0 Å². The van der Waals surface area contributed by atoms with E-state index in [9.17, 15) is 0 Å². The molecule has 2 aromatic rings. The van der Waals surface area contributed by atoms with E-state index in [1.807, 2.05) is 0 Å². The van der Waals surface area contributed by atoms with Crippen LogP contribution in [0.4, 0.5) is 0 Å². The molecule has 0 aromatic heterocycles. The minimum absolute atomic E-state index is 0.191. The normalized spacial score (nSPS) is 12.8. The van der Waals surface area contributed by atoms with Gasteiger partial charge < -0.3 is 0 Å². The molecule has 0 saturated carbocycles. The summed E-state index contributed by atoms with van der Waals surface area (Å²) in [5, 5.41) is 0. The molecule has 2 rings (SSSR count). The monoisotopic (exact) mass is 307 g/mol. The smallest absolute Gasteiger partial charge is 0.0723 e. The Morgan fingerprint density at radius 2 is 1.61 bits per heavy atom. The standard InChI is InChI=1S/C22H29N/c1-7-19-9-10-21(20(8-2)13-19)18(6)23-14-22-16(4)11-15(3)12-17(22)5/h9-14,18H,7-8H2,1-6H3/b23-14-. The second-order valence-electron chi connectivity index (χ2n) is 6.51. The fourth-order valence-corrected chi connectivity index (χ4v) is 3.25. The minimum Gasteiger partial charge on any atom is -0.285 e. The van der Waals surface area contributed by atoms with Gasteiger partial charge in [0.1, 0.15) is 0 Å². The molecule has 0 bridgehead atoms. The van der Waals surface area contributed by atoms with E-state index in [1.54, 1.807) is 0 Å².